The third-order valence-corrected chi connectivity index (χ3v) is 6.72. The van der Waals surface area contributed by atoms with Crippen LogP contribution in [0.25, 0.3) is 11.2 Å². The Hall–Kier alpha value is -3.83. The first-order valence-electron chi connectivity index (χ1n) is 12.2. The van der Waals surface area contributed by atoms with Crippen LogP contribution < -0.4 is 10.5 Å². The van der Waals surface area contributed by atoms with E-state index in [9.17, 15) is 24.5 Å². The van der Waals surface area contributed by atoms with Gasteiger partial charge in [-0.05, 0) is 48.9 Å². The molecule has 200 valence electrons. The number of imidazole rings is 1. The number of likely N-dealkylation sites (tertiary alicyclic amines) is 1. The van der Waals surface area contributed by atoms with Gasteiger partial charge in [-0.3, -0.25) is 4.57 Å². The van der Waals surface area contributed by atoms with E-state index >= 15 is 0 Å². The minimum Gasteiger partial charge on any atom is -0.410 e. The molecule has 2 aromatic heterocycles. The lowest BCUT2D eigenvalue weighted by molar-refractivity contribution is -0.0511. The van der Waals surface area contributed by atoms with Gasteiger partial charge in [0, 0.05) is 19.5 Å². The van der Waals surface area contributed by atoms with E-state index in [1.807, 2.05) is 0 Å². The second-order valence-electron chi connectivity index (χ2n) is 9.24. The second-order valence-corrected chi connectivity index (χ2v) is 9.24. The molecule has 12 nitrogen and oxygen atoms in total. The van der Waals surface area contributed by atoms with Crippen LogP contribution in [0.15, 0.2) is 30.6 Å². The molecule has 0 saturated carbocycles. The lowest BCUT2D eigenvalue weighted by Gasteiger charge is -2.30. The summed E-state index contributed by atoms with van der Waals surface area (Å²) in [4.78, 5) is 26.8. The standard InChI is InChI=1S/C25H27FN6O6/c26-15-4-6-16(7-5-15)37-25(36)31-10-8-14(9-11-31)2-1-3-18-29-22(27)19-23(30-18)32(13-28-19)24-21(35)20(34)17(12-33)38-24/h4-7,13-14,17,20-21,24,33-35H,2,8-12H2,(H2,27,29,30)/t17?,20-,21-,24?/m0/s1. The predicted molar refractivity (Wildman–Crippen MR) is 131 cm³/mol. The second kappa shape index (κ2) is 10.9. The number of ether oxygens (including phenoxy) is 2. The number of piperidine rings is 1. The normalized spacial score (nSPS) is 23.8. The molecule has 0 spiro atoms. The summed E-state index contributed by atoms with van der Waals surface area (Å²) >= 11 is 0. The topological polar surface area (TPSA) is 169 Å². The lowest BCUT2D eigenvalue weighted by Crippen LogP contribution is -2.40. The summed E-state index contributed by atoms with van der Waals surface area (Å²) in [5, 5.41) is 29.8. The van der Waals surface area contributed by atoms with Gasteiger partial charge in [-0.2, -0.15) is 0 Å². The third-order valence-electron chi connectivity index (χ3n) is 6.72. The average Bonchev–Trinajstić information content (AvgIpc) is 3.46. The van der Waals surface area contributed by atoms with Gasteiger partial charge in [0.25, 0.3) is 0 Å². The van der Waals surface area contributed by atoms with Crippen LogP contribution in [0.5, 0.6) is 5.75 Å². The molecule has 2 aliphatic heterocycles. The van der Waals surface area contributed by atoms with Crippen LogP contribution in [-0.2, 0) is 4.74 Å². The van der Waals surface area contributed by atoms with Crippen molar-refractivity contribution in [3.05, 3.63) is 42.2 Å². The Balaban J connectivity index is 1.20. The molecule has 5 N–H and O–H groups in total. The number of anilines is 1. The summed E-state index contributed by atoms with van der Waals surface area (Å²) in [6.07, 6.45) is -1.56. The average molecular weight is 527 g/mol. The van der Waals surface area contributed by atoms with E-state index in [4.69, 9.17) is 15.2 Å². The number of benzene rings is 1. The number of carbonyl (C=O) groups is 1. The molecule has 0 aliphatic carbocycles. The Morgan fingerprint density at radius 3 is 2.61 bits per heavy atom. The fourth-order valence-corrected chi connectivity index (χ4v) is 4.55. The van der Waals surface area contributed by atoms with Crippen LogP contribution >= 0.6 is 0 Å². The first-order valence-corrected chi connectivity index (χ1v) is 12.2. The summed E-state index contributed by atoms with van der Waals surface area (Å²) in [5.41, 5.74) is 6.63. The van der Waals surface area contributed by atoms with Crippen molar-refractivity contribution in [2.75, 3.05) is 25.4 Å². The van der Waals surface area contributed by atoms with Gasteiger partial charge < -0.3 is 35.4 Å². The number of aliphatic hydroxyl groups excluding tert-OH is 3. The smallest absolute Gasteiger partial charge is 0.410 e. The van der Waals surface area contributed by atoms with E-state index in [0.29, 0.717) is 30.8 Å². The number of nitrogens with zero attached hydrogens (tertiary/aromatic N) is 5. The minimum atomic E-state index is -1.30. The van der Waals surface area contributed by atoms with Gasteiger partial charge in [0.15, 0.2) is 17.7 Å². The van der Waals surface area contributed by atoms with Gasteiger partial charge in [0.1, 0.15) is 35.4 Å². The molecule has 4 atom stereocenters. The van der Waals surface area contributed by atoms with Crippen molar-refractivity contribution >= 4 is 23.1 Å². The summed E-state index contributed by atoms with van der Waals surface area (Å²) in [5.74, 6) is 6.44. The zero-order valence-corrected chi connectivity index (χ0v) is 20.3. The van der Waals surface area contributed by atoms with Crippen LogP contribution in [0.1, 0.15) is 31.3 Å². The Morgan fingerprint density at radius 2 is 1.92 bits per heavy atom. The van der Waals surface area contributed by atoms with Crippen molar-refractivity contribution in [2.24, 2.45) is 5.92 Å². The fraction of sp³-hybridized carbons (Fsp3) is 0.440. The SMILES string of the molecule is Nc1nc(C#CCC2CCN(C(=O)Oc3ccc(F)cc3)CC2)nc2c1ncn2C1OC(CO)[C@H](O)[C@@H]1O. The van der Waals surface area contributed by atoms with Crippen molar-refractivity contribution in [1.29, 1.82) is 0 Å². The van der Waals surface area contributed by atoms with E-state index in [1.165, 1.54) is 35.2 Å². The lowest BCUT2D eigenvalue weighted by atomic mass is 9.94. The first-order chi connectivity index (χ1) is 18.3. The maximum absolute atomic E-state index is 13.0. The number of nitrogen functional groups attached to an aromatic ring is 1. The molecular weight excluding hydrogens is 499 g/mol. The zero-order valence-electron chi connectivity index (χ0n) is 20.3. The van der Waals surface area contributed by atoms with Crippen molar-refractivity contribution in [2.45, 2.75) is 43.8 Å². The zero-order chi connectivity index (χ0) is 26.8. The van der Waals surface area contributed by atoms with Gasteiger partial charge in [-0.25, -0.2) is 24.1 Å². The maximum Gasteiger partial charge on any atom is 0.415 e. The number of carbonyl (C=O) groups excluding carboxylic acids is 1. The number of hydrogen-bond donors (Lipinski definition) is 4. The van der Waals surface area contributed by atoms with E-state index in [2.05, 4.69) is 26.8 Å². The molecule has 2 aliphatic rings. The van der Waals surface area contributed by atoms with Crippen LogP contribution in [0.2, 0.25) is 0 Å². The highest BCUT2D eigenvalue weighted by Gasteiger charge is 2.44. The molecule has 5 rings (SSSR count). The number of nitrogens with two attached hydrogens (primary N) is 1. The van der Waals surface area contributed by atoms with Crippen LogP contribution in [0.4, 0.5) is 15.0 Å². The van der Waals surface area contributed by atoms with E-state index in [0.717, 1.165) is 12.8 Å². The van der Waals surface area contributed by atoms with Crippen LogP contribution in [0, 0.1) is 23.6 Å². The molecule has 0 bridgehead atoms. The highest BCUT2D eigenvalue weighted by Crippen LogP contribution is 2.32. The van der Waals surface area contributed by atoms with Crippen LogP contribution in [-0.4, -0.2) is 83.8 Å². The highest BCUT2D eigenvalue weighted by molar-refractivity contribution is 5.82. The van der Waals surface area contributed by atoms with Gasteiger partial charge in [0.05, 0.1) is 12.9 Å². The van der Waals surface area contributed by atoms with Crippen molar-refractivity contribution in [1.82, 2.24) is 24.4 Å². The molecule has 4 heterocycles. The molecule has 2 fully saturated rings. The highest BCUT2D eigenvalue weighted by atomic mass is 19.1. The molecular formula is C25H27FN6O6. The molecule has 2 unspecified atom stereocenters. The van der Waals surface area contributed by atoms with Crippen LogP contribution in [0.3, 0.4) is 0 Å². The number of aliphatic hydroxyl groups is 3. The number of hydrogen-bond acceptors (Lipinski definition) is 10. The largest absolute Gasteiger partial charge is 0.415 e. The van der Waals surface area contributed by atoms with Crippen molar-refractivity contribution in [3.8, 4) is 17.6 Å². The molecule has 2 saturated heterocycles. The molecule has 38 heavy (non-hydrogen) atoms. The first kappa shape index (κ1) is 25.8. The molecule has 3 aromatic rings. The predicted octanol–water partition coefficient (Wildman–Crippen LogP) is 0.812. The summed E-state index contributed by atoms with van der Waals surface area (Å²) in [7, 11) is 0. The van der Waals surface area contributed by atoms with Gasteiger partial charge in [-0.15, -0.1) is 0 Å². The fourth-order valence-electron chi connectivity index (χ4n) is 4.55. The quantitative estimate of drug-likeness (QED) is 0.357. The molecule has 1 aromatic carbocycles. The number of rotatable bonds is 4. The maximum atomic E-state index is 13.0. The third kappa shape index (κ3) is 5.25. The number of aromatic nitrogens is 4. The van der Waals surface area contributed by atoms with Gasteiger partial charge in [-0.1, -0.05) is 5.92 Å². The van der Waals surface area contributed by atoms with Gasteiger partial charge in [0.2, 0.25) is 5.82 Å². The number of halogens is 1. The monoisotopic (exact) mass is 526 g/mol. The van der Waals surface area contributed by atoms with Crippen molar-refractivity contribution in [3.63, 3.8) is 0 Å². The minimum absolute atomic E-state index is 0.109. The van der Waals surface area contributed by atoms with Gasteiger partial charge >= 0.3 is 6.09 Å². The molecule has 0 radical (unpaired) electrons. The Labute approximate surface area is 216 Å². The Morgan fingerprint density at radius 1 is 1.18 bits per heavy atom. The summed E-state index contributed by atoms with van der Waals surface area (Å²) in [6.45, 7) is 0.584. The summed E-state index contributed by atoms with van der Waals surface area (Å²) in [6, 6.07) is 5.29. The summed E-state index contributed by atoms with van der Waals surface area (Å²) < 4.78 is 25.3. The van der Waals surface area contributed by atoms with E-state index in [-0.39, 0.29) is 23.2 Å². The van der Waals surface area contributed by atoms with Crippen molar-refractivity contribution < 1.29 is 34.0 Å². The molecule has 1 amide bonds. The van der Waals surface area contributed by atoms with E-state index in [1.54, 1.807) is 4.90 Å². The number of amides is 1. The number of fused-ring (bicyclic) bond motifs is 1. The Kier molecular flexibility index (Phi) is 7.39. The molecule has 13 heteroatoms. The Bertz CT molecular complexity index is 1360. The van der Waals surface area contributed by atoms with E-state index < -0.39 is 43.1 Å².